The van der Waals surface area contributed by atoms with Crippen LogP contribution in [0.1, 0.15) is 44.1 Å². The predicted octanol–water partition coefficient (Wildman–Crippen LogP) is 3.48. The lowest BCUT2D eigenvalue weighted by Crippen LogP contribution is -2.42. The van der Waals surface area contributed by atoms with Gasteiger partial charge in [-0.05, 0) is 49.3 Å². The van der Waals surface area contributed by atoms with Gasteiger partial charge in [0.15, 0.2) is 0 Å². The fourth-order valence-corrected chi connectivity index (χ4v) is 3.80. The van der Waals surface area contributed by atoms with Crippen molar-refractivity contribution >= 4 is 5.97 Å². The van der Waals surface area contributed by atoms with E-state index in [2.05, 4.69) is 0 Å². The minimum absolute atomic E-state index is 0.172. The highest BCUT2D eigenvalue weighted by Gasteiger charge is 2.43. The summed E-state index contributed by atoms with van der Waals surface area (Å²) in [5, 5.41) is 0. The molecule has 2 fully saturated rings. The van der Waals surface area contributed by atoms with Gasteiger partial charge >= 0.3 is 5.97 Å². The summed E-state index contributed by atoms with van der Waals surface area (Å²) in [5.41, 5.74) is 0.385. The first-order valence-corrected chi connectivity index (χ1v) is 8.64. The standard InChI is InChI=1S/C19H26O4/c1-21-18(20)19(9-11-22-12-10-19)16-7-4-8-17(13-16)23-14-15-5-2-3-6-15/h4,7-8,13,15H,2-3,5-6,9-12,14H2,1H3. The van der Waals surface area contributed by atoms with Crippen molar-refractivity contribution in [3.8, 4) is 5.75 Å². The maximum absolute atomic E-state index is 12.4. The van der Waals surface area contributed by atoms with Crippen LogP contribution in [0.5, 0.6) is 5.75 Å². The van der Waals surface area contributed by atoms with Crippen molar-refractivity contribution in [2.75, 3.05) is 26.9 Å². The van der Waals surface area contributed by atoms with Crippen molar-refractivity contribution in [3.05, 3.63) is 29.8 Å². The number of esters is 1. The molecular weight excluding hydrogens is 292 g/mol. The van der Waals surface area contributed by atoms with E-state index < -0.39 is 5.41 Å². The molecule has 1 aromatic rings. The smallest absolute Gasteiger partial charge is 0.316 e. The van der Waals surface area contributed by atoms with Crippen LogP contribution in [0.25, 0.3) is 0 Å². The van der Waals surface area contributed by atoms with Crippen molar-refractivity contribution in [2.24, 2.45) is 5.92 Å². The predicted molar refractivity (Wildman–Crippen MR) is 87.6 cm³/mol. The van der Waals surface area contributed by atoms with Crippen molar-refractivity contribution in [3.63, 3.8) is 0 Å². The topological polar surface area (TPSA) is 44.8 Å². The number of rotatable bonds is 5. The largest absolute Gasteiger partial charge is 0.493 e. The Morgan fingerprint density at radius 1 is 1.26 bits per heavy atom. The molecule has 1 aromatic carbocycles. The molecule has 0 N–H and O–H groups in total. The van der Waals surface area contributed by atoms with E-state index in [0.29, 0.717) is 32.0 Å². The van der Waals surface area contributed by atoms with Crippen LogP contribution < -0.4 is 4.74 Å². The third-order valence-corrected chi connectivity index (χ3v) is 5.27. The molecule has 126 valence electrons. The van der Waals surface area contributed by atoms with E-state index >= 15 is 0 Å². The van der Waals surface area contributed by atoms with Crippen LogP contribution in [-0.2, 0) is 19.7 Å². The second-order valence-corrected chi connectivity index (χ2v) is 6.68. The number of ether oxygens (including phenoxy) is 3. The molecule has 0 atom stereocenters. The Kier molecular flexibility index (Phi) is 5.21. The van der Waals surface area contributed by atoms with Crippen LogP contribution in [0.15, 0.2) is 24.3 Å². The van der Waals surface area contributed by atoms with Gasteiger partial charge in [-0.15, -0.1) is 0 Å². The van der Waals surface area contributed by atoms with Crippen LogP contribution in [0.2, 0.25) is 0 Å². The Morgan fingerprint density at radius 2 is 2.00 bits per heavy atom. The molecule has 1 aliphatic carbocycles. The van der Waals surface area contributed by atoms with Gasteiger partial charge in [0, 0.05) is 13.2 Å². The summed E-state index contributed by atoms with van der Waals surface area (Å²) >= 11 is 0. The Labute approximate surface area is 138 Å². The first-order chi connectivity index (χ1) is 11.2. The average Bonchev–Trinajstić information content (AvgIpc) is 3.13. The van der Waals surface area contributed by atoms with Gasteiger partial charge in [-0.25, -0.2) is 0 Å². The second kappa shape index (κ2) is 7.35. The van der Waals surface area contributed by atoms with Gasteiger partial charge in [0.05, 0.1) is 19.1 Å². The van der Waals surface area contributed by atoms with Crippen molar-refractivity contribution in [1.29, 1.82) is 0 Å². The number of methoxy groups -OCH3 is 1. The Hall–Kier alpha value is -1.55. The molecule has 2 aliphatic rings. The maximum Gasteiger partial charge on any atom is 0.316 e. The maximum atomic E-state index is 12.4. The molecule has 0 radical (unpaired) electrons. The van der Waals surface area contributed by atoms with Crippen LogP contribution in [-0.4, -0.2) is 32.9 Å². The summed E-state index contributed by atoms with van der Waals surface area (Å²) in [6.07, 6.45) is 6.49. The number of benzene rings is 1. The lowest BCUT2D eigenvalue weighted by molar-refractivity contribution is -0.151. The highest BCUT2D eigenvalue weighted by molar-refractivity contribution is 5.83. The highest BCUT2D eigenvalue weighted by Crippen LogP contribution is 2.37. The number of hydrogen-bond acceptors (Lipinski definition) is 4. The molecule has 0 bridgehead atoms. The van der Waals surface area contributed by atoms with E-state index in [9.17, 15) is 4.79 Å². The quantitative estimate of drug-likeness (QED) is 0.780. The third-order valence-electron chi connectivity index (χ3n) is 5.27. The number of hydrogen-bond donors (Lipinski definition) is 0. The van der Waals surface area contributed by atoms with Gasteiger partial charge in [-0.1, -0.05) is 25.0 Å². The van der Waals surface area contributed by atoms with E-state index in [4.69, 9.17) is 14.2 Å². The molecule has 3 rings (SSSR count). The Bertz CT molecular complexity index is 528. The lowest BCUT2D eigenvalue weighted by Gasteiger charge is -2.35. The molecular formula is C19H26O4. The van der Waals surface area contributed by atoms with Crippen LogP contribution in [0, 0.1) is 5.92 Å². The number of carbonyl (C=O) groups excluding carboxylic acids is 1. The SMILES string of the molecule is COC(=O)C1(c2cccc(OCC3CCCC3)c2)CCOCC1. The second-order valence-electron chi connectivity index (χ2n) is 6.68. The minimum atomic E-state index is -0.597. The van der Waals surface area contributed by atoms with Crippen molar-refractivity contribution < 1.29 is 19.0 Å². The van der Waals surface area contributed by atoms with Crippen LogP contribution in [0.3, 0.4) is 0 Å². The summed E-state index contributed by atoms with van der Waals surface area (Å²) in [4.78, 5) is 12.4. The Morgan fingerprint density at radius 3 is 2.70 bits per heavy atom. The zero-order valence-corrected chi connectivity index (χ0v) is 13.9. The molecule has 1 aliphatic heterocycles. The van der Waals surface area contributed by atoms with E-state index in [1.165, 1.54) is 32.8 Å². The monoisotopic (exact) mass is 318 g/mol. The first kappa shape index (κ1) is 16.3. The van der Waals surface area contributed by atoms with Crippen molar-refractivity contribution in [1.82, 2.24) is 0 Å². The van der Waals surface area contributed by atoms with E-state index in [1.807, 2.05) is 24.3 Å². The summed E-state index contributed by atoms with van der Waals surface area (Å²) < 4.78 is 16.5. The van der Waals surface area contributed by atoms with Gasteiger partial charge in [0.25, 0.3) is 0 Å². The molecule has 1 heterocycles. The normalized spacial score (nSPS) is 21.1. The van der Waals surface area contributed by atoms with Gasteiger partial charge in [-0.2, -0.15) is 0 Å². The average molecular weight is 318 g/mol. The summed E-state index contributed by atoms with van der Waals surface area (Å²) in [7, 11) is 1.46. The molecule has 23 heavy (non-hydrogen) atoms. The lowest BCUT2D eigenvalue weighted by atomic mass is 9.74. The highest BCUT2D eigenvalue weighted by atomic mass is 16.5. The fourth-order valence-electron chi connectivity index (χ4n) is 3.80. The summed E-state index contributed by atoms with van der Waals surface area (Å²) in [6.45, 7) is 1.95. The van der Waals surface area contributed by atoms with Gasteiger partial charge < -0.3 is 14.2 Å². The first-order valence-electron chi connectivity index (χ1n) is 8.64. The minimum Gasteiger partial charge on any atom is -0.493 e. The molecule has 0 amide bonds. The van der Waals surface area contributed by atoms with Crippen molar-refractivity contribution in [2.45, 2.75) is 43.9 Å². The molecule has 0 aromatic heterocycles. The van der Waals surface area contributed by atoms with Crippen LogP contribution in [0.4, 0.5) is 0 Å². The Balaban J connectivity index is 1.77. The molecule has 0 spiro atoms. The molecule has 1 saturated heterocycles. The fraction of sp³-hybridized carbons (Fsp3) is 0.632. The summed E-state index contributed by atoms with van der Waals surface area (Å²) in [6, 6.07) is 7.96. The van der Waals surface area contributed by atoms with Crippen LogP contribution >= 0.6 is 0 Å². The van der Waals surface area contributed by atoms with E-state index in [0.717, 1.165) is 17.9 Å². The zero-order chi connectivity index (χ0) is 16.1. The molecule has 0 unspecified atom stereocenters. The van der Waals surface area contributed by atoms with E-state index in [1.54, 1.807) is 0 Å². The van der Waals surface area contributed by atoms with E-state index in [-0.39, 0.29) is 5.97 Å². The molecule has 4 heteroatoms. The zero-order valence-electron chi connectivity index (χ0n) is 13.9. The number of carbonyl (C=O) groups is 1. The van der Waals surface area contributed by atoms with Gasteiger partial charge in [-0.3, -0.25) is 4.79 Å². The molecule has 1 saturated carbocycles. The molecule has 4 nitrogen and oxygen atoms in total. The third kappa shape index (κ3) is 3.52. The summed E-state index contributed by atoms with van der Waals surface area (Å²) in [5.74, 6) is 1.36. The van der Waals surface area contributed by atoms with Gasteiger partial charge in [0.1, 0.15) is 5.75 Å². The van der Waals surface area contributed by atoms with Gasteiger partial charge in [0.2, 0.25) is 0 Å².